The first-order chi connectivity index (χ1) is 15.9. The number of hydrogen-bond donors (Lipinski definition) is 0. The fourth-order valence-electron chi connectivity index (χ4n) is 4.22. The van der Waals surface area contributed by atoms with Gasteiger partial charge in [-0.25, -0.2) is 4.98 Å². The molecule has 1 atom stereocenters. The van der Waals surface area contributed by atoms with E-state index < -0.39 is 0 Å². The van der Waals surface area contributed by atoms with Gasteiger partial charge < -0.3 is 13.7 Å². The summed E-state index contributed by atoms with van der Waals surface area (Å²) in [5.41, 5.74) is 3.08. The Labute approximate surface area is 196 Å². The summed E-state index contributed by atoms with van der Waals surface area (Å²) in [7, 11) is 1.67. The molecule has 172 valence electrons. The molecule has 1 unspecified atom stereocenters. The third-order valence-electron chi connectivity index (χ3n) is 5.69. The highest BCUT2D eigenvalue weighted by Gasteiger charge is 2.20. The van der Waals surface area contributed by atoms with Crippen LogP contribution in [0.5, 0.6) is 0 Å². The molecule has 33 heavy (non-hydrogen) atoms. The lowest BCUT2D eigenvalue weighted by Gasteiger charge is -2.17. The lowest BCUT2D eigenvalue weighted by molar-refractivity contribution is 0.102. The van der Waals surface area contributed by atoms with Crippen molar-refractivity contribution in [2.24, 2.45) is 0 Å². The minimum atomic E-state index is -0.154. The van der Waals surface area contributed by atoms with E-state index in [2.05, 4.69) is 11.5 Å². The van der Waals surface area contributed by atoms with Crippen LogP contribution in [0.3, 0.4) is 0 Å². The number of ketones is 1. The SMILES string of the molecule is COCC(C)n1c(C)cc(C(=O)CSc2nc3ccccc3c(=O)n2Cc2ccco2)c1C. The molecule has 0 fully saturated rings. The van der Waals surface area contributed by atoms with Gasteiger partial charge in [0.25, 0.3) is 5.56 Å². The van der Waals surface area contributed by atoms with Gasteiger partial charge in [-0.05, 0) is 51.1 Å². The lowest BCUT2D eigenvalue weighted by atomic mass is 10.2. The molecule has 0 aliphatic rings. The van der Waals surface area contributed by atoms with Crippen LogP contribution in [0.15, 0.2) is 63.1 Å². The first-order valence-corrected chi connectivity index (χ1v) is 11.7. The second-order valence-electron chi connectivity index (χ2n) is 8.05. The van der Waals surface area contributed by atoms with E-state index in [1.165, 1.54) is 11.8 Å². The largest absolute Gasteiger partial charge is 0.467 e. The number of benzene rings is 1. The van der Waals surface area contributed by atoms with Crippen LogP contribution in [0.25, 0.3) is 10.9 Å². The number of carbonyl (C=O) groups is 1. The Morgan fingerprint density at radius 3 is 2.73 bits per heavy atom. The van der Waals surface area contributed by atoms with Crippen molar-refractivity contribution in [3.63, 3.8) is 0 Å². The molecule has 0 amide bonds. The third-order valence-corrected chi connectivity index (χ3v) is 6.66. The van der Waals surface area contributed by atoms with Gasteiger partial charge in [-0.3, -0.25) is 14.2 Å². The van der Waals surface area contributed by atoms with E-state index in [0.717, 1.165) is 11.4 Å². The van der Waals surface area contributed by atoms with Crippen molar-refractivity contribution in [1.29, 1.82) is 0 Å². The zero-order valence-electron chi connectivity index (χ0n) is 19.2. The highest BCUT2D eigenvalue weighted by Crippen LogP contribution is 2.25. The Morgan fingerprint density at radius 1 is 1.21 bits per heavy atom. The third kappa shape index (κ3) is 4.67. The van der Waals surface area contributed by atoms with Gasteiger partial charge in [0.05, 0.1) is 42.1 Å². The average Bonchev–Trinajstić information content (AvgIpc) is 3.41. The molecule has 0 spiro atoms. The Hall–Kier alpha value is -3.10. The molecule has 4 rings (SSSR count). The minimum Gasteiger partial charge on any atom is -0.467 e. The Kier molecular flexibility index (Phi) is 6.85. The van der Waals surface area contributed by atoms with E-state index in [9.17, 15) is 9.59 Å². The van der Waals surface area contributed by atoms with E-state index in [4.69, 9.17) is 14.1 Å². The molecule has 0 saturated carbocycles. The average molecular weight is 466 g/mol. The number of rotatable bonds is 9. The number of nitrogens with zero attached hydrogens (tertiary/aromatic N) is 3. The molecule has 7 nitrogen and oxygen atoms in total. The fraction of sp³-hybridized carbons (Fsp3) is 0.320. The smallest absolute Gasteiger partial charge is 0.262 e. The highest BCUT2D eigenvalue weighted by atomic mass is 32.2. The maximum Gasteiger partial charge on any atom is 0.262 e. The molecule has 1 aromatic carbocycles. The number of fused-ring (bicyclic) bond motifs is 1. The van der Waals surface area contributed by atoms with Gasteiger partial charge in [0.15, 0.2) is 10.9 Å². The van der Waals surface area contributed by atoms with Crippen LogP contribution >= 0.6 is 11.8 Å². The van der Waals surface area contributed by atoms with Gasteiger partial charge in [-0.1, -0.05) is 23.9 Å². The predicted molar refractivity (Wildman–Crippen MR) is 129 cm³/mol. The molecule has 0 saturated heterocycles. The van der Waals surface area contributed by atoms with Crippen molar-refractivity contribution in [1.82, 2.24) is 14.1 Å². The van der Waals surface area contributed by atoms with Crippen LogP contribution in [-0.4, -0.2) is 39.4 Å². The first-order valence-electron chi connectivity index (χ1n) is 10.8. The van der Waals surface area contributed by atoms with E-state index in [-0.39, 0.29) is 29.7 Å². The van der Waals surface area contributed by atoms with Gasteiger partial charge in [0, 0.05) is 24.1 Å². The first kappa shape index (κ1) is 23.1. The van der Waals surface area contributed by atoms with Gasteiger partial charge >= 0.3 is 0 Å². The molecule has 0 bridgehead atoms. The Morgan fingerprint density at radius 2 is 2.00 bits per heavy atom. The van der Waals surface area contributed by atoms with Crippen LogP contribution in [0.1, 0.15) is 40.5 Å². The number of para-hydroxylation sites is 1. The number of hydrogen-bond acceptors (Lipinski definition) is 6. The van der Waals surface area contributed by atoms with Crippen molar-refractivity contribution in [2.75, 3.05) is 19.5 Å². The molecular weight excluding hydrogens is 438 g/mol. The number of thioether (sulfide) groups is 1. The summed E-state index contributed by atoms with van der Waals surface area (Å²) in [6.07, 6.45) is 1.57. The van der Waals surface area contributed by atoms with E-state index in [1.54, 1.807) is 30.1 Å². The van der Waals surface area contributed by atoms with Crippen LogP contribution < -0.4 is 5.56 Å². The maximum atomic E-state index is 13.2. The van der Waals surface area contributed by atoms with E-state index in [0.29, 0.717) is 34.0 Å². The lowest BCUT2D eigenvalue weighted by Crippen LogP contribution is -2.24. The Balaban J connectivity index is 1.64. The summed E-state index contributed by atoms with van der Waals surface area (Å²) in [4.78, 5) is 31.0. The zero-order valence-corrected chi connectivity index (χ0v) is 20.0. The zero-order chi connectivity index (χ0) is 23.5. The molecule has 0 aliphatic heterocycles. The van der Waals surface area contributed by atoms with Crippen molar-refractivity contribution >= 4 is 28.4 Å². The van der Waals surface area contributed by atoms with Crippen molar-refractivity contribution in [2.45, 2.75) is 38.5 Å². The van der Waals surface area contributed by atoms with Crippen molar-refractivity contribution in [3.8, 4) is 0 Å². The normalized spacial score (nSPS) is 12.4. The summed E-state index contributed by atoms with van der Waals surface area (Å²) in [6, 6.07) is 12.9. The van der Waals surface area contributed by atoms with E-state index >= 15 is 0 Å². The molecule has 8 heteroatoms. The quantitative estimate of drug-likeness (QED) is 0.204. The van der Waals surface area contributed by atoms with Crippen LogP contribution in [0.2, 0.25) is 0 Å². The summed E-state index contributed by atoms with van der Waals surface area (Å²) in [5, 5.41) is 1.03. The summed E-state index contributed by atoms with van der Waals surface area (Å²) in [5.74, 6) is 0.820. The molecule has 3 aromatic heterocycles. The summed E-state index contributed by atoms with van der Waals surface area (Å²) < 4.78 is 14.4. The number of carbonyl (C=O) groups excluding carboxylic acids is 1. The van der Waals surface area contributed by atoms with Crippen LogP contribution in [-0.2, 0) is 11.3 Å². The number of furan rings is 1. The van der Waals surface area contributed by atoms with Gasteiger partial charge in [-0.15, -0.1) is 0 Å². The Bertz CT molecular complexity index is 1340. The highest BCUT2D eigenvalue weighted by molar-refractivity contribution is 7.99. The second-order valence-corrected chi connectivity index (χ2v) is 9.00. The number of Topliss-reactive ketones (excluding diaryl/α,β-unsaturated/α-hetero) is 1. The van der Waals surface area contributed by atoms with Crippen LogP contribution in [0, 0.1) is 13.8 Å². The number of ether oxygens (including phenoxy) is 1. The topological polar surface area (TPSA) is 79.3 Å². The summed E-state index contributed by atoms with van der Waals surface area (Å²) in [6.45, 7) is 6.84. The number of aryl methyl sites for hydroxylation is 1. The van der Waals surface area contributed by atoms with Crippen molar-refractivity contribution < 1.29 is 13.9 Å². The molecule has 0 N–H and O–H groups in total. The number of aromatic nitrogens is 3. The molecule has 3 heterocycles. The van der Waals surface area contributed by atoms with E-state index in [1.807, 2.05) is 44.2 Å². The summed E-state index contributed by atoms with van der Waals surface area (Å²) >= 11 is 1.27. The molecule has 0 radical (unpaired) electrons. The fourth-order valence-corrected chi connectivity index (χ4v) is 5.10. The molecular formula is C25H27N3O4S. The standard InChI is InChI=1S/C25H27N3O4S/c1-16-12-21(18(3)28(16)17(2)14-31-4)23(29)15-33-25-26-22-10-6-5-9-20(22)24(30)27(25)13-19-8-7-11-32-19/h5-12,17H,13-15H2,1-4H3. The van der Waals surface area contributed by atoms with Gasteiger partial charge in [0.1, 0.15) is 5.76 Å². The monoisotopic (exact) mass is 465 g/mol. The van der Waals surface area contributed by atoms with Gasteiger partial charge in [0.2, 0.25) is 0 Å². The molecule has 0 aliphatic carbocycles. The van der Waals surface area contributed by atoms with Crippen LogP contribution in [0.4, 0.5) is 0 Å². The minimum absolute atomic E-state index is 0.00377. The van der Waals surface area contributed by atoms with Gasteiger partial charge in [-0.2, -0.15) is 0 Å². The molecule has 4 aromatic rings. The maximum absolute atomic E-state index is 13.2. The van der Waals surface area contributed by atoms with Crippen molar-refractivity contribution in [3.05, 3.63) is 81.8 Å². The predicted octanol–water partition coefficient (Wildman–Crippen LogP) is 4.64. The number of methoxy groups -OCH3 is 1. The second kappa shape index (κ2) is 9.80.